The highest BCUT2D eigenvalue weighted by Gasteiger charge is 2.27. The lowest BCUT2D eigenvalue weighted by Gasteiger charge is -2.22. The van der Waals surface area contributed by atoms with E-state index in [-0.39, 0.29) is 6.23 Å². The molecule has 26 heavy (non-hydrogen) atoms. The minimum atomic E-state index is -0.00397. The predicted molar refractivity (Wildman–Crippen MR) is 102 cm³/mol. The first-order valence-electron chi connectivity index (χ1n) is 9.15. The molecule has 4 heteroatoms. The number of rotatable bonds is 6. The van der Waals surface area contributed by atoms with Crippen LogP contribution in [0.25, 0.3) is 5.69 Å². The molecule has 2 heterocycles. The van der Waals surface area contributed by atoms with Crippen molar-refractivity contribution in [2.45, 2.75) is 19.7 Å². The maximum atomic E-state index is 6.03. The van der Waals surface area contributed by atoms with Gasteiger partial charge in [0.05, 0.1) is 18.9 Å². The lowest BCUT2D eigenvalue weighted by molar-refractivity contribution is 0.0288. The van der Waals surface area contributed by atoms with E-state index >= 15 is 0 Å². The highest BCUT2D eigenvalue weighted by atomic mass is 16.5. The van der Waals surface area contributed by atoms with E-state index in [1.807, 2.05) is 25.1 Å². The normalized spacial score (nSPS) is 17.5. The zero-order valence-electron chi connectivity index (χ0n) is 15.0. The fourth-order valence-corrected chi connectivity index (χ4v) is 3.45. The van der Waals surface area contributed by atoms with Crippen LogP contribution in [0.5, 0.6) is 5.75 Å². The van der Waals surface area contributed by atoms with E-state index in [1.165, 1.54) is 11.1 Å². The van der Waals surface area contributed by atoms with Gasteiger partial charge in [-0.2, -0.15) is 0 Å². The molecule has 1 aliphatic heterocycles. The Morgan fingerprint density at radius 1 is 1.04 bits per heavy atom. The Bertz CT molecular complexity index is 844. The van der Waals surface area contributed by atoms with E-state index in [1.54, 1.807) is 0 Å². The van der Waals surface area contributed by atoms with Crippen LogP contribution in [-0.4, -0.2) is 29.2 Å². The molecule has 4 nitrogen and oxygen atoms in total. The highest BCUT2D eigenvalue weighted by Crippen LogP contribution is 2.31. The van der Waals surface area contributed by atoms with Gasteiger partial charge in [-0.3, -0.25) is 4.90 Å². The van der Waals surface area contributed by atoms with Crippen molar-refractivity contribution in [3.05, 3.63) is 84.2 Å². The summed E-state index contributed by atoms with van der Waals surface area (Å²) in [6.07, 6.45) is 4.22. The summed E-state index contributed by atoms with van der Waals surface area (Å²) in [7, 11) is 0. The topological polar surface area (TPSA) is 26.6 Å². The van der Waals surface area contributed by atoms with E-state index in [4.69, 9.17) is 9.47 Å². The first-order valence-corrected chi connectivity index (χ1v) is 9.15. The first-order chi connectivity index (χ1) is 12.8. The third-order valence-corrected chi connectivity index (χ3v) is 4.66. The minimum Gasteiger partial charge on any atom is -0.492 e. The van der Waals surface area contributed by atoms with Gasteiger partial charge in [-0.05, 0) is 30.7 Å². The Morgan fingerprint density at radius 2 is 1.85 bits per heavy atom. The van der Waals surface area contributed by atoms with E-state index in [0.29, 0.717) is 6.61 Å². The molecule has 0 unspecified atom stereocenters. The van der Waals surface area contributed by atoms with Gasteiger partial charge in [0, 0.05) is 31.0 Å². The molecule has 0 radical (unpaired) electrons. The highest BCUT2D eigenvalue weighted by molar-refractivity contribution is 5.47. The van der Waals surface area contributed by atoms with Gasteiger partial charge in [-0.25, -0.2) is 0 Å². The molecule has 1 saturated heterocycles. The number of hydrogen-bond acceptors (Lipinski definition) is 3. The van der Waals surface area contributed by atoms with Crippen molar-refractivity contribution in [2.24, 2.45) is 0 Å². The van der Waals surface area contributed by atoms with Gasteiger partial charge >= 0.3 is 0 Å². The summed E-state index contributed by atoms with van der Waals surface area (Å²) >= 11 is 0. The number of para-hydroxylation sites is 2. The molecular weight excluding hydrogens is 324 g/mol. The zero-order chi connectivity index (χ0) is 17.8. The minimum absolute atomic E-state index is 0.00397. The van der Waals surface area contributed by atoms with Crippen molar-refractivity contribution in [1.82, 2.24) is 9.47 Å². The number of aromatic nitrogens is 1. The van der Waals surface area contributed by atoms with Gasteiger partial charge in [0.15, 0.2) is 0 Å². The Balaban J connectivity index is 1.56. The molecule has 1 aromatic heterocycles. The summed E-state index contributed by atoms with van der Waals surface area (Å²) in [5.41, 5.74) is 3.53. The van der Waals surface area contributed by atoms with Crippen molar-refractivity contribution in [2.75, 3.05) is 19.8 Å². The van der Waals surface area contributed by atoms with E-state index < -0.39 is 0 Å². The number of hydrogen-bond donors (Lipinski definition) is 0. The lowest BCUT2D eigenvalue weighted by Crippen LogP contribution is -2.23. The Hall–Kier alpha value is -2.56. The second kappa shape index (κ2) is 7.77. The quantitative estimate of drug-likeness (QED) is 0.660. The lowest BCUT2D eigenvalue weighted by atomic mass is 10.2. The van der Waals surface area contributed by atoms with Crippen LogP contribution in [0.15, 0.2) is 73.1 Å². The molecular formula is C22H24N2O2. The van der Waals surface area contributed by atoms with Crippen molar-refractivity contribution in [3.63, 3.8) is 0 Å². The van der Waals surface area contributed by atoms with Gasteiger partial charge < -0.3 is 14.0 Å². The van der Waals surface area contributed by atoms with Crippen molar-refractivity contribution in [1.29, 1.82) is 0 Å². The number of ether oxygens (including phenoxy) is 2. The Morgan fingerprint density at radius 3 is 2.69 bits per heavy atom. The molecule has 1 atom stereocenters. The molecule has 3 aromatic rings. The second-order valence-corrected chi connectivity index (χ2v) is 6.43. The summed E-state index contributed by atoms with van der Waals surface area (Å²) in [6.45, 7) is 5.26. The third-order valence-electron chi connectivity index (χ3n) is 4.66. The van der Waals surface area contributed by atoms with Crippen molar-refractivity contribution >= 4 is 0 Å². The fraction of sp³-hybridized carbons (Fsp3) is 0.273. The molecule has 0 amide bonds. The van der Waals surface area contributed by atoms with Crippen LogP contribution in [-0.2, 0) is 11.3 Å². The molecule has 0 saturated carbocycles. The smallest absolute Gasteiger partial charge is 0.143 e. The van der Waals surface area contributed by atoms with E-state index in [9.17, 15) is 0 Å². The number of nitrogens with zero attached hydrogens (tertiary/aromatic N) is 2. The summed E-state index contributed by atoms with van der Waals surface area (Å²) in [5.74, 6) is 0.894. The third kappa shape index (κ3) is 3.52. The van der Waals surface area contributed by atoms with E-state index in [0.717, 1.165) is 31.1 Å². The summed E-state index contributed by atoms with van der Waals surface area (Å²) < 4.78 is 13.9. The molecule has 0 aliphatic carbocycles. The zero-order valence-corrected chi connectivity index (χ0v) is 15.0. The van der Waals surface area contributed by atoms with Crippen molar-refractivity contribution < 1.29 is 9.47 Å². The van der Waals surface area contributed by atoms with Crippen molar-refractivity contribution in [3.8, 4) is 11.4 Å². The van der Waals surface area contributed by atoms with Crippen LogP contribution in [0.3, 0.4) is 0 Å². The molecule has 1 fully saturated rings. The molecule has 4 rings (SSSR count). The van der Waals surface area contributed by atoms with Crippen LogP contribution in [0.2, 0.25) is 0 Å². The number of benzene rings is 2. The van der Waals surface area contributed by atoms with Gasteiger partial charge in [0.2, 0.25) is 0 Å². The average Bonchev–Trinajstić information content (AvgIpc) is 3.32. The van der Waals surface area contributed by atoms with Crippen LogP contribution < -0.4 is 4.74 Å². The molecule has 0 spiro atoms. The van der Waals surface area contributed by atoms with Gasteiger partial charge in [0.25, 0.3) is 0 Å². The van der Waals surface area contributed by atoms with Crippen LogP contribution in [0.4, 0.5) is 0 Å². The van der Waals surface area contributed by atoms with E-state index in [2.05, 4.69) is 64.3 Å². The van der Waals surface area contributed by atoms with Crippen LogP contribution >= 0.6 is 0 Å². The maximum Gasteiger partial charge on any atom is 0.143 e. The summed E-state index contributed by atoms with van der Waals surface area (Å²) in [6, 6.07) is 20.8. The van der Waals surface area contributed by atoms with Gasteiger partial charge in [-0.1, -0.05) is 42.5 Å². The second-order valence-electron chi connectivity index (χ2n) is 6.43. The van der Waals surface area contributed by atoms with Crippen LogP contribution in [0.1, 0.15) is 24.3 Å². The fourth-order valence-electron chi connectivity index (χ4n) is 3.45. The SMILES string of the molecule is CCOc1ccccc1-n1ccc([C@@H]2OCCN2Cc2ccccc2)c1. The summed E-state index contributed by atoms with van der Waals surface area (Å²) in [4.78, 5) is 2.38. The standard InChI is InChI=1S/C22H24N2O2/c1-2-25-21-11-7-6-10-20(21)23-13-12-19(17-23)22-24(14-15-26-22)16-18-8-4-3-5-9-18/h3-13,17,22H,2,14-16H2,1H3/t22-/m0/s1. The monoisotopic (exact) mass is 348 g/mol. The molecule has 2 aromatic carbocycles. The molecule has 0 N–H and O–H groups in total. The molecule has 134 valence electrons. The summed E-state index contributed by atoms with van der Waals surface area (Å²) in [5, 5.41) is 0. The first kappa shape index (κ1) is 16.9. The Labute approximate surface area is 154 Å². The maximum absolute atomic E-state index is 6.03. The Kier molecular flexibility index (Phi) is 5.04. The van der Waals surface area contributed by atoms with Crippen LogP contribution in [0, 0.1) is 0 Å². The average molecular weight is 348 g/mol. The molecule has 1 aliphatic rings. The van der Waals surface area contributed by atoms with Gasteiger partial charge in [-0.15, -0.1) is 0 Å². The molecule has 0 bridgehead atoms. The largest absolute Gasteiger partial charge is 0.492 e. The van der Waals surface area contributed by atoms with Gasteiger partial charge in [0.1, 0.15) is 12.0 Å². The predicted octanol–water partition coefficient (Wildman–Crippen LogP) is 4.41.